The molecule has 0 saturated heterocycles. The van der Waals surface area contributed by atoms with E-state index >= 15 is 0 Å². The van der Waals surface area contributed by atoms with Crippen molar-refractivity contribution in [2.75, 3.05) is 13.2 Å². The van der Waals surface area contributed by atoms with Gasteiger partial charge in [0.05, 0.1) is 23.9 Å². The van der Waals surface area contributed by atoms with E-state index in [9.17, 15) is 9.90 Å². The molecule has 3 heterocycles. The normalized spacial score (nSPS) is 15.4. The number of pyridine rings is 1. The predicted molar refractivity (Wildman–Crippen MR) is 109 cm³/mol. The van der Waals surface area contributed by atoms with Crippen LogP contribution in [0, 0.1) is 0 Å². The zero-order valence-electron chi connectivity index (χ0n) is 16.2. The van der Waals surface area contributed by atoms with E-state index in [-0.39, 0.29) is 18.6 Å². The quantitative estimate of drug-likeness (QED) is 0.730. The summed E-state index contributed by atoms with van der Waals surface area (Å²) < 4.78 is 0. The number of fused-ring (bicyclic) bond motifs is 1. The summed E-state index contributed by atoms with van der Waals surface area (Å²) in [4.78, 5) is 20.8. The molecule has 2 N–H and O–H groups in total. The molecule has 27 heavy (non-hydrogen) atoms. The van der Waals surface area contributed by atoms with E-state index in [0.717, 1.165) is 56.6 Å². The molecule has 0 radical (unpaired) electrons. The molecule has 0 bridgehead atoms. The maximum Gasteiger partial charge on any atom is 0.252 e. The monoisotopic (exact) mass is 387 g/mol. The molecule has 5 nitrogen and oxygen atoms in total. The summed E-state index contributed by atoms with van der Waals surface area (Å²) in [6, 6.07) is 4.11. The molecular weight excluding hydrogens is 358 g/mol. The lowest BCUT2D eigenvalue weighted by Crippen LogP contribution is -2.38. The Kier molecular flexibility index (Phi) is 6.99. The third-order valence-corrected chi connectivity index (χ3v) is 6.16. The Balaban J connectivity index is 1.63. The number of carbonyl (C=O) groups is 1. The minimum absolute atomic E-state index is 0.0104. The van der Waals surface area contributed by atoms with Crippen molar-refractivity contribution in [3.63, 3.8) is 0 Å². The summed E-state index contributed by atoms with van der Waals surface area (Å²) >= 11 is 1.66. The Bertz CT molecular complexity index is 757. The Morgan fingerprint density at radius 3 is 2.93 bits per heavy atom. The van der Waals surface area contributed by atoms with Crippen molar-refractivity contribution in [1.29, 1.82) is 0 Å². The van der Waals surface area contributed by atoms with Crippen LogP contribution in [0.5, 0.6) is 0 Å². The lowest BCUT2D eigenvalue weighted by Gasteiger charge is -2.27. The van der Waals surface area contributed by atoms with Gasteiger partial charge in [0.25, 0.3) is 5.91 Å². The molecular formula is C21H29N3O2S. The number of aromatic nitrogens is 1. The van der Waals surface area contributed by atoms with Crippen molar-refractivity contribution < 1.29 is 9.90 Å². The topological polar surface area (TPSA) is 65.5 Å². The molecule has 146 valence electrons. The molecule has 0 saturated carbocycles. The van der Waals surface area contributed by atoms with Crippen molar-refractivity contribution in [3.05, 3.63) is 51.0 Å². The van der Waals surface area contributed by atoms with Crippen LogP contribution in [-0.2, 0) is 25.9 Å². The van der Waals surface area contributed by atoms with Crippen molar-refractivity contribution in [2.45, 2.75) is 58.7 Å². The van der Waals surface area contributed by atoms with Crippen LogP contribution in [0.2, 0.25) is 0 Å². The largest absolute Gasteiger partial charge is 0.394 e. The van der Waals surface area contributed by atoms with E-state index in [1.807, 2.05) is 11.6 Å². The molecule has 0 spiro atoms. The number of nitrogens with zero attached hydrogens (tertiary/aromatic N) is 2. The standard InChI is InChI=1S/C21H29N3O2S/c1-3-5-17(13-25)23-21(26)19-14-27-20-12-24(9-8-18(19)20)11-16-7-6-15(4-2)10-22-16/h6-7,10,14,17,25H,3-5,8-9,11-13H2,1-2H3,(H,23,26). The molecule has 1 aliphatic heterocycles. The highest BCUT2D eigenvalue weighted by molar-refractivity contribution is 7.10. The van der Waals surface area contributed by atoms with Gasteiger partial charge in [-0.25, -0.2) is 0 Å². The molecule has 1 amide bonds. The highest BCUT2D eigenvalue weighted by Gasteiger charge is 2.25. The second kappa shape index (κ2) is 9.44. The molecule has 0 fully saturated rings. The van der Waals surface area contributed by atoms with E-state index in [2.05, 4.69) is 41.2 Å². The summed E-state index contributed by atoms with van der Waals surface area (Å²) in [7, 11) is 0. The van der Waals surface area contributed by atoms with E-state index in [1.165, 1.54) is 16.0 Å². The molecule has 0 aromatic carbocycles. The first-order valence-corrected chi connectivity index (χ1v) is 10.7. The molecule has 3 rings (SSSR count). The van der Waals surface area contributed by atoms with Gasteiger partial charge in [-0.15, -0.1) is 11.3 Å². The van der Waals surface area contributed by atoms with Crippen molar-refractivity contribution >= 4 is 17.2 Å². The molecule has 6 heteroatoms. The van der Waals surface area contributed by atoms with Crippen LogP contribution in [0.4, 0.5) is 0 Å². The van der Waals surface area contributed by atoms with Gasteiger partial charge in [-0.2, -0.15) is 0 Å². The van der Waals surface area contributed by atoms with Crippen molar-refractivity contribution in [1.82, 2.24) is 15.2 Å². The van der Waals surface area contributed by atoms with Crippen molar-refractivity contribution in [3.8, 4) is 0 Å². The van der Waals surface area contributed by atoms with Gasteiger partial charge in [0.2, 0.25) is 0 Å². The second-order valence-electron chi connectivity index (χ2n) is 7.16. The number of hydrogen-bond donors (Lipinski definition) is 2. The fourth-order valence-electron chi connectivity index (χ4n) is 3.51. The van der Waals surface area contributed by atoms with Gasteiger partial charge in [0.1, 0.15) is 0 Å². The molecule has 0 aliphatic carbocycles. The first-order chi connectivity index (χ1) is 13.1. The molecule has 2 aromatic heterocycles. The van der Waals surface area contributed by atoms with Gasteiger partial charge in [0, 0.05) is 36.1 Å². The smallest absolute Gasteiger partial charge is 0.252 e. The number of carbonyl (C=O) groups excluding carboxylic acids is 1. The average Bonchev–Trinajstić information content (AvgIpc) is 3.11. The lowest BCUT2D eigenvalue weighted by molar-refractivity contribution is 0.0911. The van der Waals surface area contributed by atoms with Crippen LogP contribution in [0.25, 0.3) is 0 Å². The summed E-state index contributed by atoms with van der Waals surface area (Å²) in [6.07, 6.45) is 5.59. The van der Waals surface area contributed by atoms with Crippen LogP contribution in [-0.4, -0.2) is 40.1 Å². The third-order valence-electron chi connectivity index (χ3n) is 5.14. The fraction of sp³-hybridized carbons (Fsp3) is 0.524. The summed E-state index contributed by atoms with van der Waals surface area (Å²) in [5, 5.41) is 14.4. The van der Waals surface area contributed by atoms with E-state index in [0.29, 0.717) is 0 Å². The molecule has 1 aliphatic rings. The van der Waals surface area contributed by atoms with Crippen LogP contribution in [0.3, 0.4) is 0 Å². The summed E-state index contributed by atoms with van der Waals surface area (Å²) in [5.41, 5.74) is 4.32. The number of nitrogens with one attached hydrogen (secondary N) is 1. The first kappa shape index (κ1) is 20.0. The Hall–Kier alpha value is -1.76. The molecule has 2 aromatic rings. The third kappa shape index (κ3) is 4.94. The summed E-state index contributed by atoms with van der Waals surface area (Å²) in [6.45, 7) is 6.82. The van der Waals surface area contributed by atoms with Crippen LogP contribution < -0.4 is 5.32 Å². The number of aliphatic hydroxyl groups is 1. The highest BCUT2D eigenvalue weighted by Crippen LogP contribution is 2.29. The summed E-state index contributed by atoms with van der Waals surface area (Å²) in [5.74, 6) is -0.0507. The second-order valence-corrected chi connectivity index (χ2v) is 8.13. The van der Waals surface area contributed by atoms with Crippen LogP contribution in [0.15, 0.2) is 23.7 Å². The Morgan fingerprint density at radius 2 is 2.26 bits per heavy atom. The maximum absolute atomic E-state index is 12.6. The van der Waals surface area contributed by atoms with Crippen LogP contribution >= 0.6 is 11.3 Å². The number of rotatable bonds is 8. The number of amides is 1. The van der Waals surface area contributed by atoms with E-state index in [1.54, 1.807) is 11.3 Å². The number of aryl methyl sites for hydroxylation is 1. The fourth-order valence-corrected chi connectivity index (χ4v) is 4.64. The van der Waals surface area contributed by atoms with Crippen molar-refractivity contribution in [2.24, 2.45) is 0 Å². The van der Waals surface area contributed by atoms with Gasteiger partial charge in [0.15, 0.2) is 0 Å². The minimum atomic E-state index is -0.157. The van der Waals surface area contributed by atoms with Gasteiger partial charge >= 0.3 is 0 Å². The number of aliphatic hydroxyl groups excluding tert-OH is 1. The maximum atomic E-state index is 12.6. The van der Waals surface area contributed by atoms with E-state index < -0.39 is 0 Å². The number of hydrogen-bond acceptors (Lipinski definition) is 5. The lowest BCUT2D eigenvalue weighted by atomic mass is 10.0. The number of thiophene rings is 1. The average molecular weight is 388 g/mol. The minimum Gasteiger partial charge on any atom is -0.394 e. The van der Waals surface area contributed by atoms with E-state index in [4.69, 9.17) is 0 Å². The Labute approximate surface area is 165 Å². The Morgan fingerprint density at radius 1 is 1.41 bits per heavy atom. The van der Waals surface area contributed by atoms with Gasteiger partial charge in [-0.3, -0.25) is 14.7 Å². The van der Waals surface area contributed by atoms with Crippen LogP contribution in [0.1, 0.15) is 58.7 Å². The van der Waals surface area contributed by atoms with Gasteiger partial charge < -0.3 is 10.4 Å². The first-order valence-electron chi connectivity index (χ1n) is 9.81. The SMILES string of the molecule is CCCC(CO)NC(=O)c1csc2c1CCN(Cc1ccc(CC)cn1)C2. The van der Waals surface area contributed by atoms with Gasteiger partial charge in [-0.1, -0.05) is 26.3 Å². The highest BCUT2D eigenvalue weighted by atomic mass is 32.1. The molecule has 1 atom stereocenters. The predicted octanol–water partition coefficient (Wildman–Crippen LogP) is 3.15. The zero-order valence-corrected chi connectivity index (χ0v) is 17.0. The van der Waals surface area contributed by atoms with Gasteiger partial charge in [-0.05, 0) is 36.5 Å². The molecule has 1 unspecified atom stereocenters. The zero-order chi connectivity index (χ0) is 19.2.